The number of methoxy groups -OCH3 is 1. The lowest BCUT2D eigenvalue weighted by Gasteiger charge is -2.11. The van der Waals surface area contributed by atoms with Crippen LogP contribution in [0.3, 0.4) is 0 Å². The highest BCUT2D eigenvalue weighted by atomic mass is 35.5. The summed E-state index contributed by atoms with van der Waals surface area (Å²) in [4.78, 5) is 24.5. The quantitative estimate of drug-likeness (QED) is 0.173. The number of ether oxygens (including phenoxy) is 4. The number of amides is 1. The Morgan fingerprint density at radius 3 is 2.46 bits per heavy atom. The van der Waals surface area contributed by atoms with E-state index >= 15 is 0 Å². The average Bonchev–Trinajstić information content (AvgIpc) is 2.86. The highest BCUT2D eigenvalue weighted by molar-refractivity contribution is 6.42. The summed E-state index contributed by atoms with van der Waals surface area (Å²) in [5.74, 6) is 0.491. The summed E-state index contributed by atoms with van der Waals surface area (Å²) in [5, 5.41) is 4.46. The number of hydrazone groups is 1. The van der Waals surface area contributed by atoms with Crippen LogP contribution in [-0.4, -0.2) is 38.4 Å². The molecule has 0 aromatic heterocycles. The second kappa shape index (κ2) is 12.6. The topological polar surface area (TPSA) is 95.5 Å². The van der Waals surface area contributed by atoms with E-state index in [2.05, 4.69) is 10.5 Å². The standard InChI is InChI=1S/C25H22Cl2N2O6/c1-3-33-22-13-16(7-12-20(22)35-25(31)17-8-10-18(32-2)11-9-17)14-28-29-23(30)15-34-21-6-4-5-19(26)24(21)27/h4-14H,3,15H2,1-2H3,(H,29,30)/b28-14+. The Morgan fingerprint density at radius 2 is 1.74 bits per heavy atom. The van der Waals surface area contributed by atoms with E-state index in [0.717, 1.165) is 0 Å². The Hall–Kier alpha value is -3.75. The number of hydrogen-bond acceptors (Lipinski definition) is 7. The van der Waals surface area contributed by atoms with Crippen molar-refractivity contribution in [1.82, 2.24) is 5.43 Å². The lowest BCUT2D eigenvalue weighted by Crippen LogP contribution is -2.24. The average molecular weight is 517 g/mol. The number of benzene rings is 3. The Kier molecular flexibility index (Phi) is 9.34. The van der Waals surface area contributed by atoms with E-state index in [9.17, 15) is 9.59 Å². The van der Waals surface area contributed by atoms with Gasteiger partial charge in [0.25, 0.3) is 5.91 Å². The minimum Gasteiger partial charge on any atom is -0.497 e. The smallest absolute Gasteiger partial charge is 0.343 e. The van der Waals surface area contributed by atoms with Crippen molar-refractivity contribution in [2.24, 2.45) is 5.10 Å². The largest absolute Gasteiger partial charge is 0.497 e. The molecule has 3 aromatic carbocycles. The molecule has 10 heteroatoms. The molecule has 1 amide bonds. The van der Waals surface area contributed by atoms with Crippen LogP contribution < -0.4 is 24.4 Å². The van der Waals surface area contributed by atoms with Crippen molar-refractivity contribution in [3.05, 3.63) is 81.8 Å². The molecule has 0 spiro atoms. The molecular formula is C25H22Cl2N2O6. The van der Waals surface area contributed by atoms with Crippen molar-refractivity contribution >= 4 is 41.3 Å². The predicted octanol–water partition coefficient (Wildman–Crippen LogP) is 5.15. The summed E-state index contributed by atoms with van der Waals surface area (Å²) < 4.78 is 21.5. The van der Waals surface area contributed by atoms with Crippen LogP contribution in [0.2, 0.25) is 10.0 Å². The van der Waals surface area contributed by atoms with Gasteiger partial charge in [0.05, 0.1) is 30.5 Å². The fourth-order valence-corrected chi connectivity index (χ4v) is 3.14. The van der Waals surface area contributed by atoms with Gasteiger partial charge in [0.2, 0.25) is 0 Å². The van der Waals surface area contributed by atoms with Gasteiger partial charge in [-0.25, -0.2) is 10.2 Å². The molecule has 8 nitrogen and oxygen atoms in total. The van der Waals surface area contributed by atoms with Gasteiger partial charge in [0.15, 0.2) is 18.1 Å². The molecule has 0 bridgehead atoms. The first-order chi connectivity index (χ1) is 16.9. The second-order valence-electron chi connectivity index (χ2n) is 6.89. The maximum absolute atomic E-state index is 12.5. The van der Waals surface area contributed by atoms with Crippen molar-refractivity contribution in [2.75, 3.05) is 20.3 Å². The first-order valence-electron chi connectivity index (χ1n) is 10.4. The predicted molar refractivity (Wildman–Crippen MR) is 133 cm³/mol. The van der Waals surface area contributed by atoms with Crippen LogP contribution >= 0.6 is 23.2 Å². The number of rotatable bonds is 10. The summed E-state index contributed by atoms with van der Waals surface area (Å²) in [5.41, 5.74) is 3.33. The molecule has 0 aliphatic carbocycles. The molecule has 182 valence electrons. The molecule has 3 aromatic rings. The van der Waals surface area contributed by atoms with Crippen LogP contribution in [0.25, 0.3) is 0 Å². The normalized spacial score (nSPS) is 10.6. The van der Waals surface area contributed by atoms with Crippen molar-refractivity contribution in [2.45, 2.75) is 6.92 Å². The lowest BCUT2D eigenvalue weighted by molar-refractivity contribution is -0.123. The van der Waals surface area contributed by atoms with Gasteiger partial charge in [-0.05, 0) is 67.1 Å². The highest BCUT2D eigenvalue weighted by Gasteiger charge is 2.14. The number of esters is 1. The van der Waals surface area contributed by atoms with Crippen LogP contribution in [0, 0.1) is 0 Å². The molecule has 0 heterocycles. The van der Waals surface area contributed by atoms with Gasteiger partial charge in [0.1, 0.15) is 16.5 Å². The maximum atomic E-state index is 12.5. The number of nitrogens with one attached hydrogen (secondary N) is 1. The van der Waals surface area contributed by atoms with Gasteiger partial charge in [-0.1, -0.05) is 29.3 Å². The molecule has 35 heavy (non-hydrogen) atoms. The Balaban J connectivity index is 1.60. The summed E-state index contributed by atoms with van der Waals surface area (Å²) in [6.07, 6.45) is 1.42. The van der Waals surface area contributed by atoms with E-state index < -0.39 is 11.9 Å². The highest BCUT2D eigenvalue weighted by Crippen LogP contribution is 2.31. The monoisotopic (exact) mass is 516 g/mol. The number of carbonyl (C=O) groups is 2. The van der Waals surface area contributed by atoms with Crippen molar-refractivity contribution in [1.29, 1.82) is 0 Å². The molecule has 0 unspecified atom stereocenters. The van der Waals surface area contributed by atoms with E-state index in [1.807, 2.05) is 6.92 Å². The molecule has 0 saturated heterocycles. The third-order valence-corrected chi connectivity index (χ3v) is 5.28. The SMILES string of the molecule is CCOc1cc(/C=N/NC(=O)COc2cccc(Cl)c2Cl)ccc1OC(=O)c1ccc(OC)cc1. The zero-order valence-electron chi connectivity index (χ0n) is 18.9. The molecule has 0 aliphatic rings. The third-order valence-electron chi connectivity index (χ3n) is 4.47. The number of carbonyl (C=O) groups excluding carboxylic acids is 2. The van der Waals surface area contributed by atoms with E-state index in [4.69, 9.17) is 42.1 Å². The van der Waals surface area contributed by atoms with Gasteiger partial charge in [-0.2, -0.15) is 5.10 Å². The van der Waals surface area contributed by atoms with E-state index in [1.165, 1.54) is 6.21 Å². The third kappa shape index (κ3) is 7.37. The van der Waals surface area contributed by atoms with Gasteiger partial charge < -0.3 is 18.9 Å². The van der Waals surface area contributed by atoms with Gasteiger partial charge in [-0.3, -0.25) is 4.79 Å². The van der Waals surface area contributed by atoms with Crippen LogP contribution in [0.4, 0.5) is 0 Å². The fraction of sp³-hybridized carbons (Fsp3) is 0.160. The summed E-state index contributed by atoms with van der Waals surface area (Å²) >= 11 is 11.9. The number of halogens is 2. The van der Waals surface area contributed by atoms with Crippen LogP contribution in [0.15, 0.2) is 65.8 Å². The van der Waals surface area contributed by atoms with E-state index in [-0.39, 0.29) is 17.4 Å². The zero-order valence-corrected chi connectivity index (χ0v) is 20.4. The lowest BCUT2D eigenvalue weighted by atomic mass is 10.2. The van der Waals surface area contributed by atoms with Gasteiger partial charge in [-0.15, -0.1) is 0 Å². The van der Waals surface area contributed by atoms with Crippen molar-refractivity contribution in [3.8, 4) is 23.0 Å². The number of hydrogen-bond donors (Lipinski definition) is 1. The van der Waals surface area contributed by atoms with Gasteiger partial charge in [0, 0.05) is 0 Å². The Bertz CT molecular complexity index is 1220. The molecule has 3 rings (SSSR count). The van der Waals surface area contributed by atoms with E-state index in [1.54, 1.807) is 67.8 Å². The first-order valence-corrected chi connectivity index (χ1v) is 11.2. The fourth-order valence-electron chi connectivity index (χ4n) is 2.79. The molecule has 1 N–H and O–H groups in total. The Labute approximate surface area is 212 Å². The summed E-state index contributed by atoms with van der Waals surface area (Å²) in [6.45, 7) is 1.86. The molecule has 0 aliphatic heterocycles. The van der Waals surface area contributed by atoms with Crippen molar-refractivity contribution in [3.63, 3.8) is 0 Å². The Morgan fingerprint density at radius 1 is 0.971 bits per heavy atom. The van der Waals surface area contributed by atoms with Crippen LogP contribution in [0.1, 0.15) is 22.8 Å². The maximum Gasteiger partial charge on any atom is 0.343 e. The molecule has 0 fully saturated rings. The van der Waals surface area contributed by atoms with Crippen LogP contribution in [-0.2, 0) is 4.79 Å². The summed E-state index contributed by atoms with van der Waals surface area (Å²) in [6, 6.07) is 16.3. The second-order valence-corrected chi connectivity index (χ2v) is 7.68. The minimum atomic E-state index is -0.540. The molecule has 0 atom stereocenters. The molecular weight excluding hydrogens is 495 g/mol. The van der Waals surface area contributed by atoms with Gasteiger partial charge >= 0.3 is 5.97 Å². The zero-order chi connectivity index (χ0) is 25.2. The van der Waals surface area contributed by atoms with Crippen LogP contribution in [0.5, 0.6) is 23.0 Å². The summed E-state index contributed by atoms with van der Waals surface area (Å²) in [7, 11) is 1.54. The molecule has 0 saturated carbocycles. The van der Waals surface area contributed by atoms with E-state index in [0.29, 0.717) is 40.0 Å². The van der Waals surface area contributed by atoms with Crippen molar-refractivity contribution < 1.29 is 28.5 Å². The minimum absolute atomic E-state index is 0.224. The first kappa shape index (κ1) is 25.9. The molecule has 0 radical (unpaired) electrons. The number of nitrogens with zero attached hydrogens (tertiary/aromatic N) is 1.